The molecule has 2 aromatic rings. The summed E-state index contributed by atoms with van der Waals surface area (Å²) in [7, 11) is 0. The zero-order valence-electron chi connectivity index (χ0n) is 13.6. The van der Waals surface area contributed by atoms with E-state index in [4.69, 9.17) is 4.74 Å². The van der Waals surface area contributed by atoms with Crippen LogP contribution >= 0.6 is 11.3 Å². The van der Waals surface area contributed by atoms with Crippen molar-refractivity contribution in [3.05, 3.63) is 45.4 Å². The van der Waals surface area contributed by atoms with Crippen LogP contribution in [0.5, 0.6) is 5.75 Å². The summed E-state index contributed by atoms with van der Waals surface area (Å²) >= 11 is 1.26. The quantitative estimate of drug-likeness (QED) is 0.713. The lowest BCUT2D eigenvalue weighted by atomic mass is 10.1. The smallest absolute Gasteiger partial charge is 0.226 e. The maximum Gasteiger partial charge on any atom is 0.226 e. The first kappa shape index (κ1) is 17.9. The highest BCUT2D eigenvalue weighted by Gasteiger charge is 2.08. The number of hydrogen-bond donors (Lipinski definition) is 1. The average molecular weight is 347 g/mol. The summed E-state index contributed by atoms with van der Waals surface area (Å²) in [5, 5.41) is 15.5. The Labute approximate surface area is 144 Å². The molecule has 0 unspecified atom stereocenters. The van der Waals surface area contributed by atoms with Crippen molar-refractivity contribution < 1.29 is 19.4 Å². The standard InChI is InChI=1S/C17H20N2O4S/c1-11-5-12(2)7-14(6-11)23-4-3-18-15(20)9-16-19-13(10-24-16)8-17(21)22/h5-7,10H,3-4,8-9H2,1-2H3,(H,18,20)(H,21,22)/p-1. The maximum atomic E-state index is 11.8. The third-order valence-electron chi connectivity index (χ3n) is 3.12. The van der Waals surface area contributed by atoms with Crippen LogP contribution in [0.15, 0.2) is 23.6 Å². The van der Waals surface area contributed by atoms with Crippen LogP contribution in [0.3, 0.4) is 0 Å². The summed E-state index contributed by atoms with van der Waals surface area (Å²) in [6.07, 6.45) is -0.108. The molecule has 1 aromatic heterocycles. The van der Waals surface area contributed by atoms with Crippen molar-refractivity contribution in [2.45, 2.75) is 26.7 Å². The van der Waals surface area contributed by atoms with E-state index in [2.05, 4.69) is 16.4 Å². The highest BCUT2D eigenvalue weighted by atomic mass is 32.1. The van der Waals surface area contributed by atoms with Gasteiger partial charge in [0.25, 0.3) is 0 Å². The van der Waals surface area contributed by atoms with Crippen LogP contribution in [0.25, 0.3) is 0 Å². The molecule has 2 rings (SSSR count). The molecule has 1 aromatic carbocycles. The molecule has 0 atom stereocenters. The number of rotatable bonds is 8. The zero-order chi connectivity index (χ0) is 17.5. The Balaban J connectivity index is 1.71. The van der Waals surface area contributed by atoms with Gasteiger partial charge in [-0.25, -0.2) is 4.98 Å². The van der Waals surface area contributed by atoms with E-state index in [1.165, 1.54) is 11.3 Å². The molecule has 0 saturated heterocycles. The van der Waals surface area contributed by atoms with E-state index >= 15 is 0 Å². The third kappa shape index (κ3) is 6.00. The lowest BCUT2D eigenvalue weighted by molar-refractivity contribution is -0.304. The second kappa shape index (κ2) is 8.44. The fourth-order valence-corrected chi connectivity index (χ4v) is 3.03. The Kier molecular flexibility index (Phi) is 6.31. The van der Waals surface area contributed by atoms with Crippen LogP contribution in [-0.2, 0) is 22.4 Å². The van der Waals surface area contributed by atoms with Crippen molar-refractivity contribution in [1.29, 1.82) is 0 Å². The molecule has 1 heterocycles. The van der Waals surface area contributed by atoms with Gasteiger partial charge >= 0.3 is 0 Å². The lowest BCUT2D eigenvalue weighted by Gasteiger charge is -2.09. The number of amides is 1. The largest absolute Gasteiger partial charge is 0.550 e. The summed E-state index contributed by atoms with van der Waals surface area (Å²) in [6, 6.07) is 5.96. The minimum absolute atomic E-state index is 0.126. The summed E-state index contributed by atoms with van der Waals surface area (Å²) in [5.74, 6) is -0.568. The molecule has 0 saturated carbocycles. The Hall–Kier alpha value is -2.41. The predicted octanol–water partition coefficient (Wildman–Crippen LogP) is 0.790. The Morgan fingerprint density at radius 1 is 1.21 bits per heavy atom. The number of carboxylic acids is 1. The first-order valence-corrected chi connectivity index (χ1v) is 8.41. The van der Waals surface area contributed by atoms with Gasteiger partial charge in [-0.15, -0.1) is 11.3 Å². The Bertz CT molecular complexity index is 707. The molecular formula is C17H19N2O4S-. The number of carbonyl (C=O) groups is 2. The molecule has 24 heavy (non-hydrogen) atoms. The van der Waals surface area contributed by atoms with Crippen LogP contribution in [-0.4, -0.2) is 30.0 Å². The second-order valence-corrected chi connectivity index (χ2v) is 6.42. The number of ether oxygens (including phenoxy) is 1. The molecular weight excluding hydrogens is 328 g/mol. The lowest BCUT2D eigenvalue weighted by Crippen LogP contribution is -2.29. The van der Waals surface area contributed by atoms with Gasteiger partial charge in [0, 0.05) is 17.8 Å². The van der Waals surface area contributed by atoms with Crippen molar-refractivity contribution in [1.82, 2.24) is 10.3 Å². The summed E-state index contributed by atoms with van der Waals surface area (Å²) in [5.41, 5.74) is 2.68. The number of aryl methyl sites for hydroxylation is 2. The number of nitrogens with zero attached hydrogens (tertiary/aromatic N) is 1. The van der Waals surface area contributed by atoms with E-state index in [1.54, 1.807) is 5.38 Å². The van der Waals surface area contributed by atoms with E-state index in [9.17, 15) is 14.7 Å². The van der Waals surface area contributed by atoms with Crippen LogP contribution in [0, 0.1) is 13.8 Å². The van der Waals surface area contributed by atoms with Crippen molar-refractivity contribution in [2.24, 2.45) is 0 Å². The van der Waals surface area contributed by atoms with Crippen LogP contribution in [0.2, 0.25) is 0 Å². The fourth-order valence-electron chi connectivity index (χ4n) is 2.23. The molecule has 0 aliphatic heterocycles. The van der Waals surface area contributed by atoms with Crippen molar-refractivity contribution >= 4 is 23.2 Å². The van der Waals surface area contributed by atoms with Crippen LogP contribution in [0.4, 0.5) is 0 Å². The van der Waals surface area contributed by atoms with Gasteiger partial charge in [-0.2, -0.15) is 0 Å². The SMILES string of the molecule is Cc1cc(C)cc(OCCNC(=O)Cc2nc(CC(=O)[O-])cs2)c1. The van der Waals surface area contributed by atoms with Crippen molar-refractivity contribution in [3.8, 4) is 5.75 Å². The van der Waals surface area contributed by atoms with Crippen molar-refractivity contribution in [2.75, 3.05) is 13.2 Å². The number of hydrogen-bond acceptors (Lipinski definition) is 6. The molecule has 0 bridgehead atoms. The highest BCUT2D eigenvalue weighted by molar-refractivity contribution is 7.09. The zero-order valence-corrected chi connectivity index (χ0v) is 14.4. The second-order valence-electron chi connectivity index (χ2n) is 5.48. The molecule has 1 N–H and O–H groups in total. The molecule has 0 aliphatic rings. The number of carbonyl (C=O) groups excluding carboxylic acids is 2. The third-order valence-corrected chi connectivity index (χ3v) is 4.02. The molecule has 6 nitrogen and oxygen atoms in total. The van der Waals surface area contributed by atoms with E-state index < -0.39 is 5.97 Å². The number of aromatic nitrogens is 1. The van der Waals surface area contributed by atoms with Gasteiger partial charge in [-0.1, -0.05) is 6.07 Å². The van der Waals surface area contributed by atoms with Gasteiger partial charge in [0.1, 0.15) is 17.4 Å². The van der Waals surface area contributed by atoms with E-state index in [0.29, 0.717) is 23.9 Å². The monoisotopic (exact) mass is 347 g/mol. The molecule has 7 heteroatoms. The molecule has 0 spiro atoms. The van der Waals surface area contributed by atoms with Crippen LogP contribution in [0.1, 0.15) is 21.8 Å². The van der Waals surface area contributed by atoms with Gasteiger partial charge in [-0.3, -0.25) is 4.79 Å². The minimum atomic E-state index is -1.18. The Morgan fingerprint density at radius 2 is 1.92 bits per heavy atom. The molecule has 0 fully saturated rings. The summed E-state index contributed by atoms with van der Waals surface area (Å²) in [4.78, 5) is 26.4. The first-order chi connectivity index (χ1) is 11.4. The number of thiazole rings is 1. The Morgan fingerprint density at radius 3 is 2.58 bits per heavy atom. The molecule has 0 aliphatic carbocycles. The molecule has 128 valence electrons. The van der Waals surface area contributed by atoms with Gasteiger partial charge in [0.05, 0.1) is 18.7 Å². The van der Waals surface area contributed by atoms with Crippen LogP contribution < -0.4 is 15.2 Å². The van der Waals surface area contributed by atoms with E-state index in [-0.39, 0.29) is 18.7 Å². The molecule has 1 amide bonds. The average Bonchev–Trinajstić information content (AvgIpc) is 2.89. The summed E-state index contributed by atoms with van der Waals surface area (Å²) in [6.45, 7) is 4.78. The van der Waals surface area contributed by atoms with Gasteiger partial charge in [0.2, 0.25) is 5.91 Å². The normalized spacial score (nSPS) is 10.4. The van der Waals surface area contributed by atoms with Gasteiger partial charge in [0.15, 0.2) is 0 Å². The van der Waals surface area contributed by atoms with Gasteiger partial charge < -0.3 is 20.0 Å². The highest BCUT2D eigenvalue weighted by Crippen LogP contribution is 2.15. The minimum Gasteiger partial charge on any atom is -0.550 e. The fraction of sp³-hybridized carbons (Fsp3) is 0.353. The number of benzene rings is 1. The maximum absolute atomic E-state index is 11.8. The first-order valence-electron chi connectivity index (χ1n) is 7.53. The number of carboxylic acid groups (broad SMARTS) is 1. The van der Waals surface area contributed by atoms with Gasteiger partial charge in [-0.05, 0) is 37.1 Å². The number of aliphatic carboxylic acids is 1. The van der Waals surface area contributed by atoms with E-state index in [0.717, 1.165) is 16.9 Å². The van der Waals surface area contributed by atoms with Crippen molar-refractivity contribution in [3.63, 3.8) is 0 Å². The predicted molar refractivity (Wildman–Crippen MR) is 88.9 cm³/mol. The van der Waals surface area contributed by atoms with E-state index in [1.807, 2.05) is 26.0 Å². The topological polar surface area (TPSA) is 91.3 Å². The summed E-state index contributed by atoms with van der Waals surface area (Å²) < 4.78 is 5.62. The number of nitrogens with one attached hydrogen (secondary N) is 1. The molecule has 0 radical (unpaired) electrons.